The van der Waals surface area contributed by atoms with Crippen molar-refractivity contribution in [3.05, 3.63) is 12.7 Å². The van der Waals surface area contributed by atoms with E-state index >= 15 is 0 Å². The molecule has 13 heteroatoms. The van der Waals surface area contributed by atoms with E-state index in [1.54, 1.807) is 6.92 Å². The molecule has 2 unspecified atom stereocenters. The lowest BCUT2D eigenvalue weighted by Crippen LogP contribution is -2.10. The molecule has 0 fully saturated rings. The van der Waals surface area contributed by atoms with Crippen molar-refractivity contribution in [3.8, 4) is 12.3 Å². The van der Waals surface area contributed by atoms with Crippen LogP contribution in [0.2, 0.25) is 0 Å². The number of rotatable bonds is 19. The number of phosphoric acid groups is 2. The fourth-order valence-corrected chi connectivity index (χ4v) is 3.15. The second kappa shape index (κ2) is 16.4. The highest BCUT2D eigenvalue weighted by atomic mass is 31.2. The fourth-order valence-electron chi connectivity index (χ4n) is 1.22. The Morgan fingerprint density at radius 1 is 0.926 bits per heavy atom. The first-order valence-electron chi connectivity index (χ1n) is 7.71. The second-order valence-electron chi connectivity index (χ2n) is 4.22. The minimum atomic E-state index is -3.88. The average molecular weight is 432 g/mol. The van der Waals surface area contributed by atoms with Crippen molar-refractivity contribution in [1.29, 1.82) is 0 Å². The van der Waals surface area contributed by atoms with E-state index in [-0.39, 0.29) is 46.6 Å². The molecule has 0 N–H and O–H groups in total. The van der Waals surface area contributed by atoms with Crippen LogP contribution in [0.1, 0.15) is 6.92 Å². The topological polar surface area (TPSA) is 117 Å². The Hall–Kier alpha value is -0.600. The smallest absolute Gasteiger partial charge is 0.358 e. The van der Waals surface area contributed by atoms with Gasteiger partial charge in [-0.1, -0.05) is 12.0 Å². The van der Waals surface area contributed by atoms with Crippen LogP contribution in [0.25, 0.3) is 0 Å². The largest absolute Gasteiger partial charge is 0.479 e. The Morgan fingerprint density at radius 2 is 1.56 bits per heavy atom. The number of ether oxygens (including phenoxy) is 3. The van der Waals surface area contributed by atoms with E-state index in [9.17, 15) is 9.13 Å². The monoisotopic (exact) mass is 432 g/mol. The zero-order chi connectivity index (χ0) is 20.4. The van der Waals surface area contributed by atoms with Gasteiger partial charge in [-0.3, -0.25) is 27.1 Å². The number of phosphoric ester groups is 2. The number of hydrogen-bond acceptors (Lipinski definition) is 11. The highest BCUT2D eigenvalue weighted by Gasteiger charge is 2.28. The molecule has 0 amide bonds. The number of methoxy groups -OCH3 is 1. The first-order valence-corrected chi connectivity index (χ1v) is 10.6. The molecule has 0 aromatic rings. The molecule has 0 heterocycles. The maximum absolute atomic E-state index is 12.2. The molecule has 0 aromatic heterocycles. The highest BCUT2D eigenvalue weighted by Crippen LogP contribution is 2.50. The van der Waals surface area contributed by atoms with Gasteiger partial charge in [-0.05, 0) is 6.92 Å². The number of terminal acetylenes is 1. The molecule has 0 saturated carbocycles. The van der Waals surface area contributed by atoms with Crippen LogP contribution in [-0.2, 0) is 50.5 Å². The Labute approximate surface area is 159 Å². The van der Waals surface area contributed by atoms with Crippen LogP contribution in [0.3, 0.4) is 0 Å². The third-order valence-corrected chi connectivity index (χ3v) is 5.01. The van der Waals surface area contributed by atoms with Gasteiger partial charge in [-0.15, -0.1) is 13.0 Å². The summed E-state index contributed by atoms with van der Waals surface area (Å²) in [5.41, 5.74) is 0. The first kappa shape index (κ1) is 26.4. The van der Waals surface area contributed by atoms with Gasteiger partial charge in [0.1, 0.15) is 6.61 Å². The molecule has 27 heavy (non-hydrogen) atoms. The minimum Gasteiger partial charge on any atom is -0.358 e. The molecule has 0 saturated heterocycles. The molecular weight excluding hydrogens is 406 g/mol. The van der Waals surface area contributed by atoms with Crippen LogP contribution < -0.4 is 0 Å². The molecule has 2 atom stereocenters. The molecule has 158 valence electrons. The summed E-state index contributed by atoms with van der Waals surface area (Å²) < 4.78 is 68.5. The highest BCUT2D eigenvalue weighted by molar-refractivity contribution is 7.48. The maximum atomic E-state index is 12.2. The van der Waals surface area contributed by atoms with Gasteiger partial charge in [0.15, 0.2) is 20.4 Å². The summed E-state index contributed by atoms with van der Waals surface area (Å²) in [5, 5.41) is 0. The van der Waals surface area contributed by atoms with Crippen LogP contribution >= 0.6 is 15.6 Å². The zero-order valence-electron chi connectivity index (χ0n) is 15.4. The van der Waals surface area contributed by atoms with Crippen molar-refractivity contribution >= 4 is 15.6 Å². The average Bonchev–Trinajstić information content (AvgIpc) is 2.65. The summed E-state index contributed by atoms with van der Waals surface area (Å²) in [6.07, 6.45) is 6.53. The molecule has 0 aliphatic carbocycles. The van der Waals surface area contributed by atoms with E-state index in [1.165, 1.54) is 13.2 Å². The van der Waals surface area contributed by atoms with Crippen molar-refractivity contribution in [2.75, 3.05) is 60.5 Å². The Bertz CT molecular complexity index is 520. The van der Waals surface area contributed by atoms with Gasteiger partial charge in [0.2, 0.25) is 0 Å². The molecule has 0 aromatic carbocycles. The molecule has 0 bridgehead atoms. The number of hydrogen-bond donors (Lipinski definition) is 0. The van der Waals surface area contributed by atoms with Gasteiger partial charge in [-0.2, -0.15) is 0 Å². The van der Waals surface area contributed by atoms with Crippen LogP contribution in [0, 0.1) is 12.3 Å². The maximum Gasteiger partial charge on any atom is 0.479 e. The molecule has 0 rings (SSSR count). The van der Waals surface area contributed by atoms with Crippen molar-refractivity contribution in [2.45, 2.75) is 6.92 Å². The van der Waals surface area contributed by atoms with Crippen molar-refractivity contribution in [2.24, 2.45) is 0 Å². The first-order chi connectivity index (χ1) is 12.9. The predicted octanol–water partition coefficient (Wildman–Crippen LogP) is 2.69. The van der Waals surface area contributed by atoms with Gasteiger partial charge < -0.3 is 14.2 Å². The van der Waals surface area contributed by atoms with Crippen LogP contribution in [0.5, 0.6) is 0 Å². The second-order valence-corrected chi connectivity index (χ2v) is 7.56. The van der Waals surface area contributed by atoms with E-state index in [1.807, 2.05) is 0 Å². The van der Waals surface area contributed by atoms with E-state index in [4.69, 9.17) is 43.0 Å². The van der Waals surface area contributed by atoms with Crippen molar-refractivity contribution < 1.29 is 50.5 Å². The lowest BCUT2D eigenvalue weighted by atomic mass is 10.7. The summed E-state index contributed by atoms with van der Waals surface area (Å²) in [6.45, 7) is 3.80. The minimum absolute atomic E-state index is 0.0845. The Kier molecular flexibility index (Phi) is 16.0. The van der Waals surface area contributed by atoms with Gasteiger partial charge in [0, 0.05) is 7.11 Å². The van der Waals surface area contributed by atoms with Crippen molar-refractivity contribution in [3.63, 3.8) is 0 Å². The molecule has 0 spiro atoms. The Morgan fingerprint density at radius 3 is 2.15 bits per heavy atom. The third-order valence-electron chi connectivity index (χ3n) is 2.22. The third kappa shape index (κ3) is 14.1. The van der Waals surface area contributed by atoms with Gasteiger partial charge >= 0.3 is 15.6 Å². The standard InChI is InChI=1S/C14H26O11P2/c1-5-8-18-13-24-26(15,20-7-3)25-14-19-10-11-22-27(16,21-9-6-2)23-12-17-4/h2,5H,1,7-14H2,3-4H3. The van der Waals surface area contributed by atoms with E-state index in [0.717, 1.165) is 0 Å². The Balaban J connectivity index is 4.17. The SMILES string of the molecule is C#CCOP(=O)(OCCOCOP(=O)(OCC)OCOCC=C)OCOC. The van der Waals surface area contributed by atoms with Gasteiger partial charge in [0.05, 0.1) is 26.4 Å². The molecular formula is C14H26O11P2. The fraction of sp³-hybridized carbons (Fsp3) is 0.714. The molecule has 0 aliphatic rings. The summed E-state index contributed by atoms with van der Waals surface area (Å²) in [7, 11) is -6.38. The van der Waals surface area contributed by atoms with Crippen LogP contribution in [-0.4, -0.2) is 60.5 Å². The zero-order valence-corrected chi connectivity index (χ0v) is 17.2. The summed E-state index contributed by atoms with van der Waals surface area (Å²) in [5.74, 6) is 2.14. The van der Waals surface area contributed by atoms with Crippen LogP contribution in [0.4, 0.5) is 0 Å². The molecule has 11 nitrogen and oxygen atoms in total. The summed E-state index contributed by atoms with van der Waals surface area (Å²) in [4.78, 5) is 0. The molecule has 0 aliphatic heterocycles. The van der Waals surface area contributed by atoms with Gasteiger partial charge in [0.25, 0.3) is 0 Å². The van der Waals surface area contributed by atoms with Gasteiger partial charge in [-0.25, -0.2) is 9.13 Å². The summed E-state index contributed by atoms with van der Waals surface area (Å²) in [6, 6.07) is 0. The predicted molar refractivity (Wildman–Crippen MR) is 94.5 cm³/mol. The lowest BCUT2D eigenvalue weighted by Gasteiger charge is -2.18. The quantitative estimate of drug-likeness (QED) is 0.0986. The summed E-state index contributed by atoms with van der Waals surface area (Å²) >= 11 is 0. The van der Waals surface area contributed by atoms with E-state index in [0.29, 0.717) is 0 Å². The lowest BCUT2D eigenvalue weighted by molar-refractivity contribution is -0.0500. The normalized spacial score (nSPS) is 15.6. The van der Waals surface area contributed by atoms with E-state index < -0.39 is 22.4 Å². The molecule has 0 radical (unpaired) electrons. The van der Waals surface area contributed by atoms with Crippen molar-refractivity contribution in [1.82, 2.24) is 0 Å². The van der Waals surface area contributed by atoms with E-state index in [2.05, 4.69) is 17.2 Å². The van der Waals surface area contributed by atoms with Crippen LogP contribution in [0.15, 0.2) is 12.7 Å².